The van der Waals surface area contributed by atoms with Gasteiger partial charge >= 0.3 is 42.1 Å². The summed E-state index contributed by atoms with van der Waals surface area (Å²) in [7, 11) is 0. The van der Waals surface area contributed by atoms with Gasteiger partial charge in [0.15, 0.2) is 0 Å². The van der Waals surface area contributed by atoms with Crippen molar-refractivity contribution in [2.24, 2.45) is 0 Å². The second kappa shape index (κ2) is 24.1. The Kier molecular flexibility index (Phi) is 16.9. The summed E-state index contributed by atoms with van der Waals surface area (Å²) in [5.74, 6) is 0. The molecule has 12 rings (SSSR count). The Labute approximate surface area is 481 Å². The monoisotopic (exact) mass is 1360 g/mol. The van der Waals surface area contributed by atoms with Crippen LogP contribution in [0.2, 0.25) is 0 Å². The fourth-order valence-corrected chi connectivity index (χ4v) is 10.4. The van der Waals surface area contributed by atoms with E-state index < -0.39 is 0 Å². The van der Waals surface area contributed by atoms with Gasteiger partial charge in [-0.1, -0.05) is 111 Å². The van der Waals surface area contributed by atoms with Crippen LogP contribution in [-0.2, 0) is 54.0 Å². The van der Waals surface area contributed by atoms with Crippen LogP contribution in [0.25, 0.3) is 79.1 Å². The van der Waals surface area contributed by atoms with E-state index in [9.17, 15) is 0 Å². The third-order valence-corrected chi connectivity index (χ3v) is 14.0. The van der Waals surface area contributed by atoms with Crippen LogP contribution in [0, 0.1) is 31.2 Å². The van der Waals surface area contributed by atoms with E-state index in [0.29, 0.717) is 0 Å². The molecule has 0 unspecified atom stereocenters. The minimum atomic E-state index is -0.107. The van der Waals surface area contributed by atoms with E-state index >= 15 is 0 Å². The zero-order chi connectivity index (χ0) is 51.3. The number of benzene rings is 7. The average molecular weight is 1360 g/mol. The molecule has 0 aliphatic heterocycles. The van der Waals surface area contributed by atoms with Crippen molar-refractivity contribution in [2.45, 2.75) is 52.9 Å². The second-order valence-corrected chi connectivity index (χ2v) is 19.4. The summed E-state index contributed by atoms with van der Waals surface area (Å²) in [6.45, 7) is 10.9. The molecule has 0 saturated carbocycles. The minimum Gasteiger partial charge on any atom is -0.346 e. The van der Waals surface area contributed by atoms with Crippen LogP contribution in [0.4, 0.5) is 17.1 Å². The van der Waals surface area contributed by atoms with Crippen LogP contribution in [0.15, 0.2) is 207 Å². The molecule has 4 heterocycles. The van der Waals surface area contributed by atoms with Gasteiger partial charge in [-0.15, -0.1) is 130 Å². The Bertz CT molecular complexity index is 4000. The van der Waals surface area contributed by atoms with E-state index in [1.165, 1.54) is 38.4 Å². The molecule has 380 valence electrons. The van der Waals surface area contributed by atoms with Gasteiger partial charge in [0.05, 0.1) is 0 Å². The van der Waals surface area contributed by atoms with Crippen molar-refractivity contribution < 1.29 is 42.1 Å². The molecule has 1 aliphatic rings. The Morgan fingerprint density at radius 2 is 1.12 bits per heavy atom. The SMILES string of the molecule is C/C=c1/c(-c2[c-]c(Cc3[c-]c(-c4nccc5ccccc45)ccc3)ccc2)ncc/c1=C/CC.Cc1ccnc(-c2[c-]c(N(c3[c-]c(-c4ccccn4)ccc3)c3ccc4c(c3)C(C)(C)c3ccccc3-4)ccc2)c1.[Pt+2].[Pt+2]. The van der Waals surface area contributed by atoms with Crippen molar-refractivity contribution in [1.82, 2.24) is 19.9 Å². The summed E-state index contributed by atoms with van der Waals surface area (Å²) in [6.07, 6.45) is 13.6. The molecule has 0 N–H and O–H groups in total. The topological polar surface area (TPSA) is 54.8 Å². The molecule has 0 atom stereocenters. The molecule has 7 aromatic carbocycles. The summed E-state index contributed by atoms with van der Waals surface area (Å²) < 4.78 is 0. The zero-order valence-corrected chi connectivity index (χ0v) is 48.1. The summed E-state index contributed by atoms with van der Waals surface area (Å²) in [5.41, 5.74) is 19.1. The molecule has 0 fully saturated rings. The van der Waals surface area contributed by atoms with Crippen LogP contribution in [0.1, 0.15) is 61.9 Å². The fourth-order valence-electron chi connectivity index (χ4n) is 10.4. The Hall–Kier alpha value is -7.68. The van der Waals surface area contributed by atoms with E-state index in [2.05, 4.69) is 243 Å². The van der Waals surface area contributed by atoms with Crippen molar-refractivity contribution in [3.63, 3.8) is 0 Å². The number of hydrogen-bond donors (Lipinski definition) is 0. The molecule has 11 aromatic rings. The zero-order valence-electron chi connectivity index (χ0n) is 43.6. The predicted molar refractivity (Wildman–Crippen MR) is 309 cm³/mol. The molecule has 0 spiro atoms. The number of nitrogens with zero attached hydrogens (tertiary/aromatic N) is 5. The molecular formula is C70H55N5Pt2. The first-order valence-corrected chi connectivity index (χ1v) is 25.7. The van der Waals surface area contributed by atoms with Gasteiger partial charge in [-0.25, -0.2) is 0 Å². The van der Waals surface area contributed by atoms with Gasteiger partial charge in [0.2, 0.25) is 0 Å². The van der Waals surface area contributed by atoms with Crippen LogP contribution in [-0.4, -0.2) is 19.9 Å². The second-order valence-electron chi connectivity index (χ2n) is 19.4. The van der Waals surface area contributed by atoms with Gasteiger partial charge in [0.1, 0.15) is 0 Å². The maximum absolute atomic E-state index is 4.69. The molecule has 77 heavy (non-hydrogen) atoms. The van der Waals surface area contributed by atoms with Gasteiger partial charge < -0.3 is 24.8 Å². The Balaban J connectivity index is 0.000000186. The summed E-state index contributed by atoms with van der Waals surface area (Å²) in [5, 5.41) is 4.71. The van der Waals surface area contributed by atoms with Crippen molar-refractivity contribution in [3.05, 3.63) is 269 Å². The summed E-state index contributed by atoms with van der Waals surface area (Å²) in [4.78, 5) is 20.8. The maximum atomic E-state index is 4.69. The van der Waals surface area contributed by atoms with Gasteiger partial charge in [-0.3, -0.25) is 0 Å². The molecule has 7 heteroatoms. The first-order chi connectivity index (χ1) is 36.7. The average Bonchev–Trinajstić information content (AvgIpc) is 3.72. The van der Waals surface area contributed by atoms with Crippen LogP contribution >= 0.6 is 0 Å². The number of aromatic nitrogens is 4. The largest absolute Gasteiger partial charge is 2.00 e. The quantitative estimate of drug-likeness (QED) is 0.128. The summed E-state index contributed by atoms with van der Waals surface area (Å²) >= 11 is 0. The predicted octanol–water partition coefficient (Wildman–Crippen LogP) is 15.6. The van der Waals surface area contributed by atoms with Gasteiger partial charge in [0, 0.05) is 35.9 Å². The molecular weight excluding hydrogens is 1300 g/mol. The van der Waals surface area contributed by atoms with E-state index in [1.54, 1.807) is 0 Å². The van der Waals surface area contributed by atoms with Crippen LogP contribution < -0.4 is 15.3 Å². The molecule has 0 bridgehead atoms. The molecule has 0 radical (unpaired) electrons. The molecule has 0 saturated heterocycles. The first kappa shape index (κ1) is 54.1. The minimum absolute atomic E-state index is 0. The number of fused-ring (bicyclic) bond motifs is 4. The fraction of sp³-hybridized carbons (Fsp3) is 0.114. The number of pyridine rings is 4. The van der Waals surface area contributed by atoms with Crippen molar-refractivity contribution in [1.29, 1.82) is 0 Å². The van der Waals surface area contributed by atoms with Crippen molar-refractivity contribution in [3.8, 4) is 56.2 Å². The Morgan fingerprint density at radius 1 is 0.506 bits per heavy atom. The maximum Gasteiger partial charge on any atom is 2.00 e. The third kappa shape index (κ3) is 11.4. The van der Waals surface area contributed by atoms with Gasteiger partial charge in [0.25, 0.3) is 0 Å². The van der Waals surface area contributed by atoms with Gasteiger partial charge in [-0.05, 0) is 141 Å². The van der Waals surface area contributed by atoms with Crippen LogP contribution in [0.5, 0.6) is 0 Å². The number of rotatable bonds is 10. The first-order valence-electron chi connectivity index (χ1n) is 25.7. The molecule has 1 aliphatic carbocycles. The van der Waals surface area contributed by atoms with E-state index in [4.69, 9.17) is 4.98 Å². The smallest absolute Gasteiger partial charge is 0.346 e. The van der Waals surface area contributed by atoms with Crippen molar-refractivity contribution >= 4 is 40.0 Å². The third-order valence-electron chi connectivity index (χ3n) is 14.0. The number of aryl methyl sites for hydroxylation is 1. The summed E-state index contributed by atoms with van der Waals surface area (Å²) in [6, 6.07) is 77.7. The molecule has 4 aromatic heterocycles. The number of hydrogen-bond acceptors (Lipinski definition) is 5. The van der Waals surface area contributed by atoms with Crippen LogP contribution in [0.3, 0.4) is 0 Å². The van der Waals surface area contributed by atoms with Crippen molar-refractivity contribution in [2.75, 3.05) is 4.90 Å². The Morgan fingerprint density at radius 3 is 1.83 bits per heavy atom. The van der Waals surface area contributed by atoms with Gasteiger partial charge in [-0.2, -0.15) is 0 Å². The van der Waals surface area contributed by atoms with E-state index in [0.717, 1.165) is 96.7 Å². The van der Waals surface area contributed by atoms with E-state index in [1.807, 2.05) is 55.1 Å². The van der Waals surface area contributed by atoms with E-state index in [-0.39, 0.29) is 47.5 Å². The molecule has 5 nitrogen and oxygen atoms in total. The normalized spacial score (nSPS) is 12.4. The molecule has 0 amide bonds. The standard InChI is InChI=1S/C38H29N3.C32H26N2.2Pt/c1-26-19-21-40-37(22-26)28-11-9-13-30(24-28)41(29-12-8-10-27(23-29)36-16-6-7-20-39-36)31-17-18-33-32-14-4-5-15-34(32)38(2,3)35(33)25-31;1-3-9-25-16-18-33-31(29(25)4-2)27-13-7-10-23(21-27)20-24-11-8-14-28(22-24)32-30-15-6-5-12-26(30)17-19-34-32;;/h4-22,25H,1-3H3;4-19H,3,20H2,1-2H3;;/q2*-2;2*+2/b;25-9-,29-4+;;. The number of anilines is 3.